The summed E-state index contributed by atoms with van der Waals surface area (Å²) in [5.41, 5.74) is 1.58. The number of nitrogens with zero attached hydrogens (tertiary/aromatic N) is 1. The van der Waals surface area contributed by atoms with Gasteiger partial charge in [-0.15, -0.1) is 0 Å². The van der Waals surface area contributed by atoms with Gasteiger partial charge in [0.15, 0.2) is 0 Å². The van der Waals surface area contributed by atoms with Crippen molar-refractivity contribution in [3.05, 3.63) is 35.9 Å². The Kier molecular flexibility index (Phi) is 7.25. The molecule has 1 rings (SSSR count). The maximum atomic E-state index is 3.77. The molecule has 1 unspecified atom stereocenters. The van der Waals surface area contributed by atoms with E-state index in [2.05, 4.69) is 75.2 Å². The van der Waals surface area contributed by atoms with Gasteiger partial charge in [0.1, 0.15) is 0 Å². The third-order valence-electron chi connectivity index (χ3n) is 4.35. The molecule has 0 aliphatic carbocycles. The maximum Gasteiger partial charge on any atom is 0.0309 e. The van der Waals surface area contributed by atoms with Gasteiger partial charge in [0.25, 0.3) is 0 Å². The fourth-order valence-corrected chi connectivity index (χ4v) is 3.00. The van der Waals surface area contributed by atoms with E-state index in [-0.39, 0.29) is 5.54 Å². The molecule has 1 aromatic rings. The van der Waals surface area contributed by atoms with Crippen molar-refractivity contribution < 1.29 is 0 Å². The van der Waals surface area contributed by atoms with Crippen molar-refractivity contribution in [1.82, 2.24) is 10.2 Å². The smallest absolute Gasteiger partial charge is 0.0309 e. The van der Waals surface area contributed by atoms with E-state index >= 15 is 0 Å². The Hall–Kier alpha value is -0.860. The molecule has 114 valence electrons. The first-order chi connectivity index (χ1) is 9.56. The van der Waals surface area contributed by atoms with Gasteiger partial charge in [0.2, 0.25) is 0 Å². The molecule has 0 amide bonds. The van der Waals surface area contributed by atoms with Crippen LogP contribution in [-0.2, 0) is 6.42 Å². The Labute approximate surface area is 125 Å². The topological polar surface area (TPSA) is 15.3 Å². The minimum Gasteiger partial charge on any atom is -0.312 e. The third-order valence-corrected chi connectivity index (χ3v) is 4.35. The molecule has 0 aromatic heterocycles. The molecule has 0 saturated carbocycles. The van der Waals surface area contributed by atoms with Gasteiger partial charge < -0.3 is 5.32 Å². The first kappa shape index (κ1) is 17.2. The summed E-state index contributed by atoms with van der Waals surface area (Å²) in [5, 5.41) is 3.77. The predicted molar refractivity (Wildman–Crippen MR) is 89.2 cm³/mol. The lowest BCUT2D eigenvalue weighted by molar-refractivity contribution is 0.0911. The van der Waals surface area contributed by atoms with Crippen molar-refractivity contribution >= 4 is 0 Å². The van der Waals surface area contributed by atoms with E-state index < -0.39 is 0 Å². The van der Waals surface area contributed by atoms with Crippen molar-refractivity contribution in [2.75, 3.05) is 19.6 Å². The number of nitrogens with one attached hydrogen (secondary N) is 1. The molecule has 0 spiro atoms. The molecule has 0 radical (unpaired) electrons. The van der Waals surface area contributed by atoms with E-state index in [9.17, 15) is 0 Å². The van der Waals surface area contributed by atoms with Gasteiger partial charge in [-0.1, -0.05) is 51.1 Å². The SMILES string of the molecule is CCCNC(Cc1ccccc1)C(C)(C)N(CC)CC. The van der Waals surface area contributed by atoms with E-state index in [1.165, 1.54) is 12.0 Å². The standard InChI is InChI=1S/C18H32N2/c1-6-14-19-17(15-16-12-10-9-11-13-16)18(4,5)20(7-2)8-3/h9-13,17,19H,6-8,14-15H2,1-5H3. The van der Waals surface area contributed by atoms with Crippen LogP contribution in [0, 0.1) is 0 Å². The van der Waals surface area contributed by atoms with Gasteiger partial charge in [-0.3, -0.25) is 4.90 Å². The van der Waals surface area contributed by atoms with Crippen molar-refractivity contribution in [2.45, 2.75) is 59.0 Å². The summed E-state index contributed by atoms with van der Waals surface area (Å²) in [7, 11) is 0. The second kappa shape index (κ2) is 8.43. The average Bonchev–Trinajstić information content (AvgIpc) is 2.45. The number of rotatable bonds is 9. The maximum absolute atomic E-state index is 3.77. The molecule has 1 N–H and O–H groups in total. The van der Waals surface area contributed by atoms with Crippen molar-refractivity contribution in [2.24, 2.45) is 0 Å². The quantitative estimate of drug-likeness (QED) is 0.739. The summed E-state index contributed by atoms with van der Waals surface area (Å²) in [6, 6.07) is 11.3. The van der Waals surface area contributed by atoms with Crippen LogP contribution in [0.2, 0.25) is 0 Å². The van der Waals surface area contributed by atoms with E-state index in [1.54, 1.807) is 0 Å². The van der Waals surface area contributed by atoms with Crippen LogP contribution in [0.25, 0.3) is 0 Å². The molecule has 20 heavy (non-hydrogen) atoms. The lowest BCUT2D eigenvalue weighted by Crippen LogP contribution is -2.58. The first-order valence-electron chi connectivity index (χ1n) is 8.08. The Bertz CT molecular complexity index is 355. The van der Waals surface area contributed by atoms with Crippen molar-refractivity contribution in [1.29, 1.82) is 0 Å². The zero-order valence-electron chi connectivity index (χ0n) is 13.9. The van der Waals surface area contributed by atoms with E-state index in [0.717, 1.165) is 26.1 Å². The highest BCUT2D eigenvalue weighted by Gasteiger charge is 2.33. The molecule has 0 aliphatic rings. The fourth-order valence-electron chi connectivity index (χ4n) is 3.00. The molecular formula is C18H32N2. The minimum absolute atomic E-state index is 0.161. The molecular weight excluding hydrogens is 244 g/mol. The summed E-state index contributed by atoms with van der Waals surface area (Å²) in [6.45, 7) is 14.8. The Morgan fingerprint density at radius 1 is 1.05 bits per heavy atom. The molecule has 0 bridgehead atoms. The molecule has 0 heterocycles. The second-order valence-electron chi connectivity index (χ2n) is 6.02. The lowest BCUT2D eigenvalue weighted by atomic mass is 9.87. The number of hydrogen-bond donors (Lipinski definition) is 1. The summed E-state index contributed by atoms with van der Waals surface area (Å²) in [5.74, 6) is 0. The van der Waals surface area contributed by atoms with Crippen LogP contribution in [-0.4, -0.2) is 36.1 Å². The minimum atomic E-state index is 0.161. The van der Waals surface area contributed by atoms with E-state index in [0.29, 0.717) is 6.04 Å². The second-order valence-corrected chi connectivity index (χ2v) is 6.02. The number of hydrogen-bond acceptors (Lipinski definition) is 2. The summed E-state index contributed by atoms with van der Waals surface area (Å²) >= 11 is 0. The van der Waals surface area contributed by atoms with Crippen molar-refractivity contribution in [3.63, 3.8) is 0 Å². The van der Waals surface area contributed by atoms with Crippen LogP contribution in [0.1, 0.15) is 46.6 Å². The van der Waals surface area contributed by atoms with Crippen LogP contribution in [0.5, 0.6) is 0 Å². The predicted octanol–water partition coefficient (Wildman–Crippen LogP) is 3.72. The number of benzene rings is 1. The zero-order chi connectivity index (χ0) is 15.0. The van der Waals surface area contributed by atoms with Crippen LogP contribution in [0.3, 0.4) is 0 Å². The molecule has 0 fully saturated rings. The lowest BCUT2D eigenvalue weighted by Gasteiger charge is -2.44. The largest absolute Gasteiger partial charge is 0.312 e. The summed E-state index contributed by atoms with van der Waals surface area (Å²) in [6.07, 6.45) is 2.27. The van der Waals surface area contributed by atoms with Crippen LogP contribution in [0.4, 0.5) is 0 Å². The van der Waals surface area contributed by atoms with E-state index in [1.807, 2.05) is 0 Å². The Morgan fingerprint density at radius 2 is 1.65 bits per heavy atom. The Balaban J connectivity index is 2.87. The van der Waals surface area contributed by atoms with Gasteiger partial charge in [0.05, 0.1) is 0 Å². The highest BCUT2D eigenvalue weighted by Crippen LogP contribution is 2.22. The van der Waals surface area contributed by atoms with Gasteiger partial charge >= 0.3 is 0 Å². The van der Waals surface area contributed by atoms with E-state index in [4.69, 9.17) is 0 Å². The molecule has 0 aliphatic heterocycles. The van der Waals surface area contributed by atoms with Gasteiger partial charge in [-0.05, 0) is 51.9 Å². The Morgan fingerprint density at radius 3 is 2.15 bits per heavy atom. The van der Waals surface area contributed by atoms with Crippen molar-refractivity contribution in [3.8, 4) is 0 Å². The summed E-state index contributed by atoms with van der Waals surface area (Å²) < 4.78 is 0. The van der Waals surface area contributed by atoms with Crippen LogP contribution in [0.15, 0.2) is 30.3 Å². The van der Waals surface area contributed by atoms with Gasteiger partial charge in [-0.25, -0.2) is 0 Å². The molecule has 2 nitrogen and oxygen atoms in total. The third kappa shape index (κ3) is 4.60. The molecule has 1 aromatic carbocycles. The zero-order valence-corrected chi connectivity index (χ0v) is 13.9. The van der Waals surface area contributed by atoms with Crippen LogP contribution >= 0.6 is 0 Å². The number of likely N-dealkylation sites (N-methyl/N-ethyl adjacent to an activating group) is 1. The fraction of sp³-hybridized carbons (Fsp3) is 0.667. The first-order valence-corrected chi connectivity index (χ1v) is 8.08. The van der Waals surface area contributed by atoms with Gasteiger partial charge in [0, 0.05) is 11.6 Å². The highest BCUT2D eigenvalue weighted by molar-refractivity contribution is 5.17. The highest BCUT2D eigenvalue weighted by atomic mass is 15.2. The van der Waals surface area contributed by atoms with Crippen LogP contribution < -0.4 is 5.32 Å². The van der Waals surface area contributed by atoms with Gasteiger partial charge in [-0.2, -0.15) is 0 Å². The molecule has 0 saturated heterocycles. The normalized spacial score (nSPS) is 13.7. The monoisotopic (exact) mass is 276 g/mol. The summed E-state index contributed by atoms with van der Waals surface area (Å²) in [4.78, 5) is 2.56. The molecule has 1 atom stereocenters. The molecule has 2 heteroatoms. The average molecular weight is 276 g/mol.